The number of nitrogens with two attached hydrogens (primary N) is 1. The summed E-state index contributed by atoms with van der Waals surface area (Å²) in [6.07, 6.45) is 5.18. The lowest BCUT2D eigenvalue weighted by Gasteiger charge is -2.26. The number of carbonyl (C=O) groups is 5. The second kappa shape index (κ2) is 8.06. The molecule has 0 bridgehead atoms. The predicted molar refractivity (Wildman–Crippen MR) is 93.9 cm³/mol. The molecule has 4 amide bonds. The Kier molecular flexibility index (Phi) is 5.76. The molecule has 0 spiro atoms. The third-order valence-electron chi connectivity index (χ3n) is 5.38. The maximum atomic E-state index is 12.7. The lowest BCUT2D eigenvalue weighted by atomic mass is 10.0. The first-order chi connectivity index (χ1) is 12.9. The number of likely N-dealkylation sites (tertiary alicyclic amines) is 1. The molecule has 2 unspecified atom stereocenters. The van der Waals surface area contributed by atoms with Crippen LogP contribution in [0.25, 0.3) is 0 Å². The fraction of sp³-hybridized carbons (Fsp3) is 0.722. The number of rotatable bonds is 9. The molecule has 9 nitrogen and oxygen atoms in total. The molecule has 4 N–H and O–H groups in total. The van der Waals surface area contributed by atoms with Gasteiger partial charge in [-0.1, -0.05) is 12.8 Å². The van der Waals surface area contributed by atoms with Gasteiger partial charge in [0.25, 0.3) is 5.91 Å². The number of hydrogen-bond acceptors (Lipinski definition) is 5. The van der Waals surface area contributed by atoms with E-state index in [1.807, 2.05) is 0 Å². The van der Waals surface area contributed by atoms with Gasteiger partial charge < -0.3 is 21.3 Å². The van der Waals surface area contributed by atoms with E-state index in [2.05, 4.69) is 10.6 Å². The summed E-state index contributed by atoms with van der Waals surface area (Å²) in [6, 6.07) is -1.63. The maximum Gasteiger partial charge on any atom is 0.287 e. The summed E-state index contributed by atoms with van der Waals surface area (Å²) in [4.78, 5) is 61.4. The van der Waals surface area contributed by atoms with Gasteiger partial charge in [0.05, 0.1) is 12.6 Å². The SMILES string of the molecule is NC(=O)C(=O)C(CC1CC1)NC(=O)C1CCCN1C(=O)CNC(=O)C1CC1. The van der Waals surface area contributed by atoms with Crippen LogP contribution in [-0.2, 0) is 24.0 Å². The zero-order valence-corrected chi connectivity index (χ0v) is 15.2. The third kappa shape index (κ3) is 5.05. The highest BCUT2D eigenvalue weighted by Gasteiger charge is 2.38. The third-order valence-corrected chi connectivity index (χ3v) is 5.38. The molecule has 1 aliphatic heterocycles. The molecule has 0 aromatic heterocycles. The molecule has 2 saturated carbocycles. The van der Waals surface area contributed by atoms with Gasteiger partial charge in [0.15, 0.2) is 0 Å². The minimum Gasteiger partial charge on any atom is -0.363 e. The molecule has 1 saturated heterocycles. The highest BCUT2D eigenvalue weighted by atomic mass is 16.2. The van der Waals surface area contributed by atoms with Crippen molar-refractivity contribution in [2.75, 3.05) is 13.1 Å². The van der Waals surface area contributed by atoms with Crippen LogP contribution in [0.2, 0.25) is 0 Å². The average Bonchev–Trinajstić information content (AvgIpc) is 3.56. The Balaban J connectivity index is 1.56. The summed E-state index contributed by atoms with van der Waals surface area (Å²) in [5.41, 5.74) is 5.09. The Morgan fingerprint density at radius 3 is 2.30 bits per heavy atom. The van der Waals surface area contributed by atoms with Gasteiger partial charge in [0.2, 0.25) is 23.5 Å². The molecular formula is C18H26N4O5. The number of hydrogen-bond donors (Lipinski definition) is 3. The van der Waals surface area contributed by atoms with Crippen molar-refractivity contribution in [3.8, 4) is 0 Å². The van der Waals surface area contributed by atoms with E-state index in [9.17, 15) is 24.0 Å². The van der Waals surface area contributed by atoms with E-state index >= 15 is 0 Å². The topological polar surface area (TPSA) is 139 Å². The largest absolute Gasteiger partial charge is 0.363 e. The van der Waals surface area contributed by atoms with Gasteiger partial charge >= 0.3 is 0 Å². The van der Waals surface area contributed by atoms with Crippen LogP contribution in [0.4, 0.5) is 0 Å². The molecule has 3 aliphatic rings. The summed E-state index contributed by atoms with van der Waals surface area (Å²) in [7, 11) is 0. The van der Waals surface area contributed by atoms with Crippen molar-refractivity contribution in [1.29, 1.82) is 0 Å². The van der Waals surface area contributed by atoms with Crippen molar-refractivity contribution in [2.45, 2.75) is 57.0 Å². The number of amides is 4. The number of nitrogens with zero attached hydrogens (tertiary/aromatic N) is 1. The minimum absolute atomic E-state index is 0.0125. The van der Waals surface area contributed by atoms with Gasteiger partial charge in [-0.3, -0.25) is 24.0 Å². The van der Waals surface area contributed by atoms with Gasteiger partial charge in [-0.25, -0.2) is 0 Å². The van der Waals surface area contributed by atoms with Crippen LogP contribution in [0.15, 0.2) is 0 Å². The molecule has 3 rings (SSSR count). The van der Waals surface area contributed by atoms with Crippen LogP contribution in [0.3, 0.4) is 0 Å². The van der Waals surface area contributed by atoms with Crippen LogP contribution in [0.5, 0.6) is 0 Å². The van der Waals surface area contributed by atoms with Gasteiger partial charge in [-0.15, -0.1) is 0 Å². The number of carbonyl (C=O) groups excluding carboxylic acids is 5. The Bertz CT molecular complexity index is 656. The summed E-state index contributed by atoms with van der Waals surface area (Å²) in [5, 5.41) is 5.23. The van der Waals surface area contributed by atoms with Crippen molar-refractivity contribution in [2.24, 2.45) is 17.6 Å². The van der Waals surface area contributed by atoms with Crippen molar-refractivity contribution >= 4 is 29.4 Å². The highest BCUT2D eigenvalue weighted by molar-refractivity contribution is 6.37. The molecule has 0 aromatic carbocycles. The van der Waals surface area contributed by atoms with Crippen LogP contribution in [0, 0.1) is 11.8 Å². The zero-order chi connectivity index (χ0) is 19.6. The smallest absolute Gasteiger partial charge is 0.287 e. The van der Waals surface area contributed by atoms with E-state index < -0.39 is 29.7 Å². The zero-order valence-electron chi connectivity index (χ0n) is 15.2. The highest BCUT2D eigenvalue weighted by Crippen LogP contribution is 2.34. The Morgan fingerprint density at radius 2 is 1.70 bits per heavy atom. The second-order valence-corrected chi connectivity index (χ2v) is 7.71. The summed E-state index contributed by atoms with van der Waals surface area (Å²) in [6.45, 7) is 0.290. The normalized spacial score (nSPS) is 22.8. The molecule has 3 fully saturated rings. The van der Waals surface area contributed by atoms with Crippen molar-refractivity contribution < 1.29 is 24.0 Å². The number of nitrogens with one attached hydrogen (secondary N) is 2. The van der Waals surface area contributed by atoms with Gasteiger partial charge in [0, 0.05) is 12.5 Å². The first-order valence-electron chi connectivity index (χ1n) is 9.58. The first kappa shape index (κ1) is 19.3. The van der Waals surface area contributed by atoms with Crippen molar-refractivity contribution in [3.63, 3.8) is 0 Å². The van der Waals surface area contributed by atoms with Crippen molar-refractivity contribution in [1.82, 2.24) is 15.5 Å². The lowest BCUT2D eigenvalue weighted by Crippen LogP contribution is -2.54. The first-order valence-corrected chi connectivity index (χ1v) is 9.58. The fourth-order valence-corrected chi connectivity index (χ4v) is 3.45. The van der Waals surface area contributed by atoms with E-state index in [1.165, 1.54) is 4.90 Å². The Hall–Kier alpha value is -2.45. The number of Topliss-reactive ketones (excluding diaryl/α,β-unsaturated/α-hetero) is 1. The molecule has 9 heteroatoms. The quantitative estimate of drug-likeness (QED) is 0.435. The summed E-state index contributed by atoms with van der Waals surface area (Å²) < 4.78 is 0. The van der Waals surface area contributed by atoms with Crippen molar-refractivity contribution in [3.05, 3.63) is 0 Å². The summed E-state index contributed by atoms with van der Waals surface area (Å²) in [5.74, 6) is -2.43. The van der Waals surface area contributed by atoms with Crippen LogP contribution in [-0.4, -0.2) is 59.5 Å². The number of primary amides is 1. The van der Waals surface area contributed by atoms with E-state index in [1.54, 1.807) is 0 Å². The molecule has 0 aromatic rings. The minimum atomic E-state index is -1.07. The molecule has 27 heavy (non-hydrogen) atoms. The van der Waals surface area contributed by atoms with Gasteiger partial charge in [-0.05, 0) is 38.0 Å². The fourth-order valence-electron chi connectivity index (χ4n) is 3.45. The molecule has 0 radical (unpaired) electrons. The average molecular weight is 378 g/mol. The van der Waals surface area contributed by atoms with Gasteiger partial charge in [0.1, 0.15) is 6.04 Å². The monoisotopic (exact) mass is 378 g/mol. The van der Waals surface area contributed by atoms with E-state index in [-0.39, 0.29) is 24.3 Å². The number of ketones is 1. The lowest BCUT2D eigenvalue weighted by molar-refractivity contribution is -0.141. The van der Waals surface area contributed by atoms with E-state index in [0.29, 0.717) is 31.7 Å². The molecule has 1 heterocycles. The van der Waals surface area contributed by atoms with Crippen LogP contribution in [0.1, 0.15) is 44.9 Å². The standard InChI is InChI=1S/C18H26N4O5/c19-16(25)15(24)12(8-10-3-4-10)21-18(27)13-2-1-7-22(13)14(23)9-20-17(26)11-5-6-11/h10-13H,1-9H2,(H2,19,25)(H,20,26)(H,21,27). The van der Waals surface area contributed by atoms with Crippen LogP contribution >= 0.6 is 0 Å². The maximum absolute atomic E-state index is 12.7. The Labute approximate surface area is 157 Å². The molecule has 148 valence electrons. The van der Waals surface area contributed by atoms with E-state index in [0.717, 1.165) is 25.7 Å². The van der Waals surface area contributed by atoms with E-state index in [4.69, 9.17) is 5.73 Å². The predicted octanol–water partition coefficient (Wildman–Crippen LogP) is -1.16. The summed E-state index contributed by atoms with van der Waals surface area (Å²) >= 11 is 0. The van der Waals surface area contributed by atoms with Crippen LogP contribution < -0.4 is 16.4 Å². The Morgan fingerprint density at radius 1 is 1.00 bits per heavy atom. The molecule has 2 atom stereocenters. The molecular weight excluding hydrogens is 352 g/mol. The van der Waals surface area contributed by atoms with Gasteiger partial charge in [-0.2, -0.15) is 0 Å². The second-order valence-electron chi connectivity index (χ2n) is 7.71. The molecule has 2 aliphatic carbocycles.